The summed E-state index contributed by atoms with van der Waals surface area (Å²) in [4.78, 5) is 16.1. The fraction of sp³-hybridized carbons (Fsp3) is 0.167. The zero-order valence-corrected chi connectivity index (χ0v) is 14.0. The number of thioether (sulfide) groups is 1. The Bertz CT molecular complexity index is 869. The molecule has 0 atom stereocenters. The number of hydrogen-bond acceptors (Lipinski definition) is 5. The molecular formula is C18H16N2O3S. The van der Waals surface area contributed by atoms with E-state index in [0.29, 0.717) is 17.5 Å². The molecule has 1 aromatic heterocycles. The maximum Gasteiger partial charge on any atom is 0.334 e. The van der Waals surface area contributed by atoms with E-state index in [1.165, 1.54) is 11.8 Å². The molecular weight excluding hydrogens is 324 g/mol. The highest BCUT2D eigenvalue weighted by atomic mass is 32.2. The molecule has 0 saturated heterocycles. The van der Waals surface area contributed by atoms with Crippen molar-refractivity contribution in [3.05, 3.63) is 59.8 Å². The van der Waals surface area contributed by atoms with Gasteiger partial charge in [-0.2, -0.15) is 0 Å². The van der Waals surface area contributed by atoms with Gasteiger partial charge >= 0.3 is 11.8 Å². The van der Waals surface area contributed by atoms with Crippen LogP contribution < -0.4 is 4.73 Å². The van der Waals surface area contributed by atoms with Gasteiger partial charge in [-0.25, -0.2) is 4.73 Å². The number of para-hydroxylation sites is 1. The lowest BCUT2D eigenvalue weighted by Crippen LogP contribution is -2.34. The van der Waals surface area contributed by atoms with Crippen molar-refractivity contribution in [2.24, 2.45) is 0 Å². The molecule has 122 valence electrons. The van der Waals surface area contributed by atoms with Gasteiger partial charge in [0.05, 0.1) is 23.3 Å². The lowest BCUT2D eigenvalue weighted by Gasteiger charge is -2.13. The Morgan fingerprint density at radius 3 is 2.62 bits per heavy atom. The van der Waals surface area contributed by atoms with Gasteiger partial charge in [0.1, 0.15) is 0 Å². The summed E-state index contributed by atoms with van der Waals surface area (Å²) in [5.41, 5.74) is 1.45. The highest BCUT2D eigenvalue weighted by molar-refractivity contribution is 8.00. The molecule has 0 fully saturated rings. The van der Waals surface area contributed by atoms with Crippen LogP contribution in [0.2, 0.25) is 0 Å². The minimum absolute atomic E-state index is 0.0817. The van der Waals surface area contributed by atoms with Crippen LogP contribution in [0.3, 0.4) is 0 Å². The van der Waals surface area contributed by atoms with Crippen LogP contribution in [-0.2, 0) is 9.53 Å². The molecule has 3 aromatic rings. The monoisotopic (exact) mass is 340 g/mol. The number of rotatable bonds is 5. The van der Waals surface area contributed by atoms with Crippen LogP contribution in [0.5, 0.6) is 0 Å². The van der Waals surface area contributed by atoms with Gasteiger partial charge in [-0.1, -0.05) is 42.1 Å². The lowest BCUT2D eigenvalue weighted by molar-refractivity contribution is -0.634. The predicted molar refractivity (Wildman–Crippen MR) is 93.5 cm³/mol. The summed E-state index contributed by atoms with van der Waals surface area (Å²) < 4.78 is 5.74. The fourth-order valence-corrected chi connectivity index (χ4v) is 3.22. The first-order valence-electron chi connectivity index (χ1n) is 7.57. The van der Waals surface area contributed by atoms with Crippen molar-refractivity contribution >= 4 is 28.6 Å². The number of aromatic nitrogens is 2. The van der Waals surface area contributed by atoms with E-state index < -0.39 is 0 Å². The van der Waals surface area contributed by atoms with E-state index in [-0.39, 0.29) is 11.7 Å². The third kappa shape index (κ3) is 3.33. The fourth-order valence-electron chi connectivity index (χ4n) is 2.35. The Morgan fingerprint density at radius 1 is 1.17 bits per heavy atom. The summed E-state index contributed by atoms with van der Waals surface area (Å²) in [6.07, 6.45) is 0. The summed E-state index contributed by atoms with van der Waals surface area (Å²) in [7, 11) is 0. The second-order valence-electron chi connectivity index (χ2n) is 5.01. The molecule has 5 nitrogen and oxygen atoms in total. The first-order chi connectivity index (χ1) is 11.7. The summed E-state index contributed by atoms with van der Waals surface area (Å²) in [5.74, 6) is 0.0588. The first-order valence-corrected chi connectivity index (χ1v) is 8.55. The lowest BCUT2D eigenvalue weighted by atomic mass is 10.2. The Morgan fingerprint density at radius 2 is 1.88 bits per heavy atom. The van der Waals surface area contributed by atoms with Gasteiger partial charge in [0, 0.05) is 0 Å². The van der Waals surface area contributed by atoms with Crippen molar-refractivity contribution < 1.29 is 14.3 Å². The summed E-state index contributed by atoms with van der Waals surface area (Å²) >= 11 is 1.17. The van der Waals surface area contributed by atoms with Crippen molar-refractivity contribution in [2.45, 2.75) is 11.9 Å². The molecule has 3 rings (SSSR count). The standard InChI is InChI=1S/C18H16N2O3S/c1-2-23-16(21)12-24-18-14-10-6-7-11-15(14)19-17(20(18)22)13-8-4-3-5-9-13/h3-11H,2,12H2,1H3. The van der Waals surface area contributed by atoms with Gasteiger partial charge in [0.2, 0.25) is 0 Å². The molecule has 0 spiro atoms. The summed E-state index contributed by atoms with van der Waals surface area (Å²) in [6.45, 7) is 2.08. The Kier molecular flexibility index (Phi) is 4.96. The van der Waals surface area contributed by atoms with Crippen molar-refractivity contribution in [3.63, 3.8) is 0 Å². The van der Waals surface area contributed by atoms with Gasteiger partial charge in [0.25, 0.3) is 0 Å². The first kappa shape index (κ1) is 16.3. The maximum absolute atomic E-state index is 12.8. The molecule has 0 saturated carbocycles. The molecule has 0 bridgehead atoms. The van der Waals surface area contributed by atoms with E-state index in [4.69, 9.17) is 4.74 Å². The average molecular weight is 340 g/mol. The van der Waals surface area contributed by atoms with Crippen molar-refractivity contribution in [3.8, 4) is 11.4 Å². The minimum atomic E-state index is -0.343. The molecule has 0 radical (unpaired) electrons. The van der Waals surface area contributed by atoms with Gasteiger partial charge < -0.3 is 9.94 Å². The Hall–Kier alpha value is -2.60. The van der Waals surface area contributed by atoms with E-state index in [2.05, 4.69) is 4.98 Å². The average Bonchev–Trinajstić information content (AvgIpc) is 2.61. The van der Waals surface area contributed by atoms with Crippen LogP contribution >= 0.6 is 11.8 Å². The van der Waals surface area contributed by atoms with E-state index in [0.717, 1.165) is 21.2 Å². The third-order valence-electron chi connectivity index (χ3n) is 3.40. The van der Waals surface area contributed by atoms with Crippen molar-refractivity contribution in [2.75, 3.05) is 12.4 Å². The molecule has 0 aliphatic rings. The molecule has 0 amide bonds. The largest absolute Gasteiger partial charge is 0.710 e. The molecule has 1 heterocycles. The van der Waals surface area contributed by atoms with Crippen LogP contribution in [0.25, 0.3) is 22.3 Å². The number of fused-ring (bicyclic) bond motifs is 1. The van der Waals surface area contributed by atoms with Gasteiger partial charge in [-0.15, -0.1) is 0 Å². The smallest absolute Gasteiger partial charge is 0.334 e. The Labute approximate surface area is 143 Å². The van der Waals surface area contributed by atoms with E-state index in [9.17, 15) is 10.0 Å². The van der Waals surface area contributed by atoms with Crippen LogP contribution in [0.15, 0.2) is 59.6 Å². The summed E-state index contributed by atoms with van der Waals surface area (Å²) in [6, 6.07) is 16.7. The number of hydrogen-bond donors (Lipinski definition) is 0. The molecule has 0 N–H and O–H groups in total. The van der Waals surface area contributed by atoms with E-state index >= 15 is 0 Å². The summed E-state index contributed by atoms with van der Waals surface area (Å²) in [5, 5.41) is 14.0. The van der Waals surface area contributed by atoms with Crippen LogP contribution in [0.1, 0.15) is 6.92 Å². The second kappa shape index (κ2) is 7.31. The zero-order valence-electron chi connectivity index (χ0n) is 13.1. The Balaban J connectivity index is 2.08. The molecule has 0 aliphatic carbocycles. The topological polar surface area (TPSA) is 66.1 Å². The van der Waals surface area contributed by atoms with Crippen LogP contribution in [0.4, 0.5) is 0 Å². The SMILES string of the molecule is CCOC(=O)CSc1c2ccccc2nc(-c2ccccc2)[n+]1[O-]. The number of carbonyl (C=O) groups excluding carboxylic acids is 1. The zero-order chi connectivity index (χ0) is 16.9. The van der Waals surface area contributed by atoms with Crippen LogP contribution in [0, 0.1) is 5.21 Å². The molecule has 24 heavy (non-hydrogen) atoms. The van der Waals surface area contributed by atoms with Gasteiger partial charge in [-0.05, 0) is 36.2 Å². The highest BCUT2D eigenvalue weighted by Gasteiger charge is 2.20. The van der Waals surface area contributed by atoms with Crippen molar-refractivity contribution in [1.82, 2.24) is 4.98 Å². The molecule has 0 unspecified atom stereocenters. The second-order valence-corrected chi connectivity index (χ2v) is 5.98. The molecule has 2 aromatic carbocycles. The number of ether oxygens (including phenoxy) is 1. The molecule has 0 aliphatic heterocycles. The maximum atomic E-state index is 12.8. The number of benzene rings is 2. The molecule has 6 heteroatoms. The predicted octanol–water partition coefficient (Wildman–Crippen LogP) is 3.19. The van der Waals surface area contributed by atoms with E-state index in [1.807, 2.05) is 54.6 Å². The highest BCUT2D eigenvalue weighted by Crippen LogP contribution is 2.26. The number of carbonyl (C=O) groups is 1. The number of esters is 1. The minimum Gasteiger partial charge on any atom is -0.710 e. The quantitative estimate of drug-likeness (QED) is 0.235. The van der Waals surface area contributed by atoms with Crippen molar-refractivity contribution in [1.29, 1.82) is 0 Å². The van der Waals surface area contributed by atoms with Gasteiger partial charge in [0.15, 0.2) is 10.5 Å². The van der Waals surface area contributed by atoms with Gasteiger partial charge in [-0.3, -0.25) is 4.79 Å². The number of nitrogens with zero attached hydrogens (tertiary/aromatic N) is 2. The van der Waals surface area contributed by atoms with E-state index in [1.54, 1.807) is 6.92 Å². The normalized spacial score (nSPS) is 10.7. The van der Waals surface area contributed by atoms with Crippen LogP contribution in [-0.4, -0.2) is 23.3 Å². The third-order valence-corrected chi connectivity index (χ3v) is 4.44.